The largest absolute Gasteiger partial charge is 0.351 e. The van der Waals surface area contributed by atoms with E-state index < -0.39 is 0 Å². The van der Waals surface area contributed by atoms with Crippen molar-refractivity contribution >= 4 is 32.7 Å². The number of amides is 1. The smallest absolute Gasteiger partial charge is 0.267 e. The molecule has 1 aromatic heterocycles. The van der Waals surface area contributed by atoms with E-state index in [9.17, 15) is 9.18 Å². The molecule has 3 nitrogen and oxygen atoms in total. The second-order valence-electron chi connectivity index (χ2n) is 4.69. The number of carbonyl (C=O) groups is 1. The normalized spacial score (nSPS) is 10.8. The third-order valence-electron chi connectivity index (χ3n) is 3.22. The van der Waals surface area contributed by atoms with Crippen LogP contribution >= 0.6 is 15.9 Å². The van der Waals surface area contributed by atoms with Crippen LogP contribution in [0.1, 0.15) is 16.1 Å². The number of hydrogen-bond acceptors (Lipinski definition) is 1. The molecule has 106 valence electrons. The summed E-state index contributed by atoms with van der Waals surface area (Å²) in [5.41, 5.74) is 2.15. The highest BCUT2D eigenvalue weighted by molar-refractivity contribution is 9.10. The molecule has 0 saturated heterocycles. The third kappa shape index (κ3) is 2.97. The molecule has 0 saturated carbocycles. The van der Waals surface area contributed by atoms with Crippen LogP contribution in [0, 0.1) is 5.82 Å². The quantitative estimate of drug-likeness (QED) is 0.739. The fourth-order valence-electron chi connectivity index (χ4n) is 2.14. The summed E-state index contributed by atoms with van der Waals surface area (Å²) in [4.78, 5) is 15.1. The lowest BCUT2D eigenvalue weighted by molar-refractivity contribution is 0.0946. The van der Waals surface area contributed by atoms with E-state index in [-0.39, 0.29) is 11.7 Å². The molecule has 2 N–H and O–H groups in total. The summed E-state index contributed by atoms with van der Waals surface area (Å²) >= 11 is 3.44. The number of nitrogens with one attached hydrogen (secondary N) is 2. The predicted molar refractivity (Wildman–Crippen MR) is 83.6 cm³/mol. The van der Waals surface area contributed by atoms with Crippen LogP contribution in [0.25, 0.3) is 10.9 Å². The Morgan fingerprint density at radius 1 is 1.19 bits per heavy atom. The van der Waals surface area contributed by atoms with Gasteiger partial charge in [0.05, 0.1) is 0 Å². The molecule has 0 aliphatic rings. The zero-order valence-electron chi connectivity index (χ0n) is 11.0. The number of fused-ring (bicyclic) bond motifs is 1. The number of halogens is 2. The Balaban J connectivity index is 1.76. The highest BCUT2D eigenvalue weighted by Crippen LogP contribution is 2.18. The lowest BCUT2D eigenvalue weighted by atomic mass is 10.2. The van der Waals surface area contributed by atoms with Gasteiger partial charge in [-0.1, -0.05) is 34.1 Å². The van der Waals surface area contributed by atoms with Crippen molar-refractivity contribution in [3.63, 3.8) is 0 Å². The molecular formula is C16H12BrFN2O. The van der Waals surface area contributed by atoms with E-state index in [0.29, 0.717) is 17.6 Å². The van der Waals surface area contributed by atoms with Gasteiger partial charge in [0.2, 0.25) is 0 Å². The van der Waals surface area contributed by atoms with Gasteiger partial charge in [-0.2, -0.15) is 0 Å². The minimum absolute atomic E-state index is 0.220. The Morgan fingerprint density at radius 2 is 2.00 bits per heavy atom. The molecule has 0 atom stereocenters. The lowest BCUT2D eigenvalue weighted by Crippen LogP contribution is -2.23. The molecule has 0 radical (unpaired) electrons. The van der Waals surface area contributed by atoms with Crippen LogP contribution in [0.3, 0.4) is 0 Å². The van der Waals surface area contributed by atoms with Crippen molar-refractivity contribution in [1.82, 2.24) is 10.3 Å². The molecule has 0 fully saturated rings. The Hall–Kier alpha value is -2.14. The average Bonchev–Trinajstić information content (AvgIpc) is 2.89. The van der Waals surface area contributed by atoms with E-state index in [1.807, 2.05) is 24.3 Å². The maximum atomic E-state index is 13.1. The molecule has 5 heteroatoms. The van der Waals surface area contributed by atoms with Crippen molar-refractivity contribution < 1.29 is 9.18 Å². The van der Waals surface area contributed by atoms with Crippen LogP contribution in [0.4, 0.5) is 4.39 Å². The summed E-state index contributed by atoms with van der Waals surface area (Å²) < 4.78 is 14.1. The van der Waals surface area contributed by atoms with Gasteiger partial charge in [0.25, 0.3) is 5.91 Å². The molecule has 0 unspecified atom stereocenters. The Kier molecular flexibility index (Phi) is 3.75. The second kappa shape index (κ2) is 5.69. The summed E-state index contributed by atoms with van der Waals surface area (Å²) in [6, 6.07) is 13.7. The fourth-order valence-corrected chi connectivity index (χ4v) is 2.56. The van der Waals surface area contributed by atoms with Gasteiger partial charge >= 0.3 is 0 Å². The van der Waals surface area contributed by atoms with Gasteiger partial charge in [-0.3, -0.25) is 4.79 Å². The van der Waals surface area contributed by atoms with E-state index in [1.165, 1.54) is 12.1 Å². The topological polar surface area (TPSA) is 44.9 Å². The van der Waals surface area contributed by atoms with Gasteiger partial charge in [0, 0.05) is 21.9 Å². The summed E-state index contributed by atoms with van der Waals surface area (Å²) in [6.45, 7) is 0.421. The van der Waals surface area contributed by atoms with Crippen LogP contribution in [0.15, 0.2) is 53.0 Å². The van der Waals surface area contributed by atoms with Crippen LogP contribution in [0.2, 0.25) is 0 Å². The maximum absolute atomic E-state index is 13.1. The summed E-state index contributed by atoms with van der Waals surface area (Å²) in [7, 11) is 0. The number of H-pyrrole nitrogens is 1. The van der Waals surface area contributed by atoms with Crippen molar-refractivity contribution in [3.8, 4) is 0 Å². The maximum Gasteiger partial charge on any atom is 0.267 e. The molecule has 0 aliphatic heterocycles. The van der Waals surface area contributed by atoms with Crippen molar-refractivity contribution in [1.29, 1.82) is 0 Å². The van der Waals surface area contributed by atoms with E-state index in [1.54, 1.807) is 12.1 Å². The monoisotopic (exact) mass is 346 g/mol. The molecule has 1 amide bonds. The first-order valence-electron chi connectivity index (χ1n) is 6.43. The molecule has 1 heterocycles. The van der Waals surface area contributed by atoms with Crippen molar-refractivity contribution in [2.75, 3.05) is 0 Å². The number of rotatable bonds is 3. The fraction of sp³-hybridized carbons (Fsp3) is 0.0625. The number of benzene rings is 2. The molecular weight excluding hydrogens is 335 g/mol. The number of aromatic amines is 1. The minimum Gasteiger partial charge on any atom is -0.351 e. The summed E-state index contributed by atoms with van der Waals surface area (Å²) in [5, 5.41) is 3.52. The van der Waals surface area contributed by atoms with E-state index in [2.05, 4.69) is 26.2 Å². The van der Waals surface area contributed by atoms with Crippen LogP contribution < -0.4 is 5.32 Å². The third-order valence-corrected chi connectivity index (χ3v) is 4.00. The van der Waals surface area contributed by atoms with Crippen LogP contribution in [-0.2, 0) is 6.54 Å². The van der Waals surface area contributed by atoms with Gasteiger partial charge in [-0.25, -0.2) is 4.39 Å². The Bertz CT molecular complexity index is 813. The SMILES string of the molecule is O=C(NCc1ccccc1Br)c1cc2cc(F)ccc2[nH]1. The standard InChI is InChI=1S/C16H12BrFN2O/c17-13-4-2-1-3-10(13)9-19-16(21)15-8-11-7-12(18)5-6-14(11)20-15/h1-8,20H,9H2,(H,19,21). The Labute approximate surface area is 129 Å². The average molecular weight is 347 g/mol. The number of hydrogen-bond donors (Lipinski definition) is 2. The van der Waals surface area contributed by atoms with Gasteiger partial charge in [-0.15, -0.1) is 0 Å². The number of carbonyl (C=O) groups excluding carboxylic acids is 1. The summed E-state index contributed by atoms with van der Waals surface area (Å²) in [5.74, 6) is -0.538. The highest BCUT2D eigenvalue weighted by Gasteiger charge is 2.10. The molecule has 21 heavy (non-hydrogen) atoms. The predicted octanol–water partition coefficient (Wildman–Crippen LogP) is 4.00. The van der Waals surface area contributed by atoms with Gasteiger partial charge in [0.1, 0.15) is 11.5 Å². The van der Waals surface area contributed by atoms with Gasteiger partial charge < -0.3 is 10.3 Å². The molecule has 0 spiro atoms. The van der Waals surface area contributed by atoms with E-state index >= 15 is 0 Å². The Morgan fingerprint density at radius 3 is 2.81 bits per heavy atom. The zero-order chi connectivity index (χ0) is 14.8. The summed E-state index contributed by atoms with van der Waals surface area (Å²) in [6.07, 6.45) is 0. The van der Waals surface area contributed by atoms with E-state index in [4.69, 9.17) is 0 Å². The molecule has 0 bridgehead atoms. The van der Waals surface area contributed by atoms with Crippen molar-refractivity contribution in [2.24, 2.45) is 0 Å². The molecule has 3 aromatic rings. The van der Waals surface area contributed by atoms with Crippen molar-refractivity contribution in [2.45, 2.75) is 6.54 Å². The first-order chi connectivity index (χ1) is 10.1. The molecule has 0 aliphatic carbocycles. The first-order valence-corrected chi connectivity index (χ1v) is 7.22. The van der Waals surface area contributed by atoms with Gasteiger partial charge in [0.15, 0.2) is 0 Å². The van der Waals surface area contributed by atoms with Crippen LogP contribution in [-0.4, -0.2) is 10.9 Å². The van der Waals surface area contributed by atoms with Crippen LogP contribution in [0.5, 0.6) is 0 Å². The van der Waals surface area contributed by atoms with Gasteiger partial charge in [-0.05, 0) is 35.9 Å². The first kappa shape index (κ1) is 13.8. The molecule has 2 aromatic carbocycles. The zero-order valence-corrected chi connectivity index (χ0v) is 12.6. The molecule has 3 rings (SSSR count). The number of aromatic nitrogens is 1. The van der Waals surface area contributed by atoms with Crippen molar-refractivity contribution in [3.05, 3.63) is 70.1 Å². The lowest BCUT2D eigenvalue weighted by Gasteiger charge is -2.05. The second-order valence-corrected chi connectivity index (χ2v) is 5.54. The highest BCUT2D eigenvalue weighted by atomic mass is 79.9. The van der Waals surface area contributed by atoms with E-state index in [0.717, 1.165) is 15.6 Å². The minimum atomic E-state index is -0.318.